The number of amides is 1. The van der Waals surface area contributed by atoms with E-state index in [0.717, 1.165) is 0 Å². The zero-order valence-electron chi connectivity index (χ0n) is 12.6. The molecule has 0 unspecified atom stereocenters. The molecule has 8 heteroatoms. The topological polar surface area (TPSA) is 66.9 Å². The fourth-order valence-corrected chi connectivity index (χ4v) is 2.34. The van der Waals surface area contributed by atoms with Gasteiger partial charge in [-0.3, -0.25) is 4.79 Å². The Kier molecular flexibility index (Phi) is 5.11. The van der Waals surface area contributed by atoms with Crippen molar-refractivity contribution >= 4 is 46.4 Å². The Bertz CT molecular complexity index is 919. The SMILES string of the molecule is O=C(Nc1ccc(F)cc1)c1ccnc(Nc2cccc(Cl)c2Cl)n1. The third kappa shape index (κ3) is 4.23. The monoisotopic (exact) mass is 376 g/mol. The van der Waals surface area contributed by atoms with E-state index >= 15 is 0 Å². The van der Waals surface area contributed by atoms with Gasteiger partial charge in [-0.1, -0.05) is 29.3 Å². The molecule has 1 heterocycles. The van der Waals surface area contributed by atoms with Crippen LogP contribution in [0, 0.1) is 5.82 Å². The lowest BCUT2D eigenvalue weighted by Crippen LogP contribution is -2.14. The van der Waals surface area contributed by atoms with Gasteiger partial charge in [0.25, 0.3) is 5.91 Å². The number of anilines is 3. The molecule has 5 nitrogen and oxygen atoms in total. The molecule has 1 amide bonds. The first-order valence-corrected chi connectivity index (χ1v) is 7.89. The smallest absolute Gasteiger partial charge is 0.274 e. The molecule has 1 aromatic heterocycles. The van der Waals surface area contributed by atoms with Gasteiger partial charge in [0.05, 0.1) is 15.7 Å². The van der Waals surface area contributed by atoms with Crippen molar-refractivity contribution in [1.29, 1.82) is 0 Å². The van der Waals surface area contributed by atoms with Crippen LogP contribution in [0.15, 0.2) is 54.7 Å². The Balaban J connectivity index is 1.77. The molecule has 0 spiro atoms. The molecule has 0 saturated carbocycles. The van der Waals surface area contributed by atoms with E-state index in [1.165, 1.54) is 36.5 Å². The normalized spacial score (nSPS) is 10.4. The highest BCUT2D eigenvalue weighted by atomic mass is 35.5. The van der Waals surface area contributed by atoms with Crippen LogP contribution in [0.4, 0.5) is 21.7 Å². The first kappa shape index (κ1) is 17.1. The lowest BCUT2D eigenvalue weighted by atomic mass is 10.3. The number of carbonyl (C=O) groups excluding carboxylic acids is 1. The van der Waals surface area contributed by atoms with Crippen LogP contribution in [0.5, 0.6) is 0 Å². The second-order valence-corrected chi connectivity index (χ2v) is 5.74. The maximum Gasteiger partial charge on any atom is 0.274 e. The van der Waals surface area contributed by atoms with Gasteiger partial charge in [0.2, 0.25) is 5.95 Å². The summed E-state index contributed by atoms with van der Waals surface area (Å²) >= 11 is 12.1. The predicted molar refractivity (Wildman–Crippen MR) is 96.1 cm³/mol. The summed E-state index contributed by atoms with van der Waals surface area (Å²) in [4.78, 5) is 20.4. The summed E-state index contributed by atoms with van der Waals surface area (Å²) in [6.45, 7) is 0. The van der Waals surface area contributed by atoms with Crippen LogP contribution in [-0.2, 0) is 0 Å². The first-order valence-electron chi connectivity index (χ1n) is 7.14. The highest BCUT2D eigenvalue weighted by molar-refractivity contribution is 6.43. The van der Waals surface area contributed by atoms with Crippen molar-refractivity contribution < 1.29 is 9.18 Å². The van der Waals surface area contributed by atoms with Crippen LogP contribution in [0.2, 0.25) is 10.0 Å². The number of hydrogen-bond acceptors (Lipinski definition) is 4. The van der Waals surface area contributed by atoms with Crippen molar-refractivity contribution in [1.82, 2.24) is 9.97 Å². The van der Waals surface area contributed by atoms with E-state index in [1.54, 1.807) is 18.2 Å². The van der Waals surface area contributed by atoms with Crippen molar-refractivity contribution in [2.75, 3.05) is 10.6 Å². The summed E-state index contributed by atoms with van der Waals surface area (Å²) in [6, 6.07) is 12.0. The average molecular weight is 377 g/mol. The largest absolute Gasteiger partial charge is 0.323 e. The van der Waals surface area contributed by atoms with Crippen molar-refractivity contribution in [3.63, 3.8) is 0 Å². The first-order chi connectivity index (χ1) is 12.0. The molecule has 0 fully saturated rings. The van der Waals surface area contributed by atoms with E-state index in [2.05, 4.69) is 20.6 Å². The van der Waals surface area contributed by atoms with Crippen LogP contribution >= 0.6 is 23.2 Å². The van der Waals surface area contributed by atoms with Gasteiger partial charge in [0.1, 0.15) is 11.5 Å². The molecule has 0 aliphatic carbocycles. The van der Waals surface area contributed by atoms with Crippen LogP contribution in [0.1, 0.15) is 10.5 Å². The molecule has 0 atom stereocenters. The highest BCUT2D eigenvalue weighted by Crippen LogP contribution is 2.30. The Hall–Kier alpha value is -2.70. The zero-order chi connectivity index (χ0) is 17.8. The minimum absolute atomic E-state index is 0.139. The van der Waals surface area contributed by atoms with Crippen molar-refractivity contribution in [3.05, 3.63) is 76.3 Å². The maximum absolute atomic E-state index is 12.9. The lowest BCUT2D eigenvalue weighted by Gasteiger charge is -2.09. The van der Waals surface area contributed by atoms with Crippen molar-refractivity contribution in [2.24, 2.45) is 0 Å². The molecular formula is C17H11Cl2FN4O. The zero-order valence-corrected chi connectivity index (χ0v) is 14.1. The molecule has 0 radical (unpaired) electrons. The van der Waals surface area contributed by atoms with Crippen LogP contribution in [0.25, 0.3) is 0 Å². The fourth-order valence-electron chi connectivity index (χ4n) is 1.99. The number of carbonyl (C=O) groups is 1. The molecule has 25 heavy (non-hydrogen) atoms. The Morgan fingerprint density at radius 1 is 1.04 bits per heavy atom. The third-order valence-corrected chi connectivity index (χ3v) is 4.01. The average Bonchev–Trinajstić information content (AvgIpc) is 2.61. The van der Waals surface area contributed by atoms with Gasteiger partial charge in [-0.2, -0.15) is 0 Å². The van der Waals surface area contributed by atoms with E-state index in [1.807, 2.05) is 0 Å². The van der Waals surface area contributed by atoms with E-state index in [-0.39, 0.29) is 17.5 Å². The summed E-state index contributed by atoms with van der Waals surface area (Å²) in [5, 5.41) is 6.25. The van der Waals surface area contributed by atoms with Crippen LogP contribution in [-0.4, -0.2) is 15.9 Å². The van der Waals surface area contributed by atoms with Crippen LogP contribution < -0.4 is 10.6 Å². The lowest BCUT2D eigenvalue weighted by molar-refractivity contribution is 0.102. The molecular weight excluding hydrogens is 366 g/mol. The van der Waals surface area contributed by atoms with Gasteiger partial charge >= 0.3 is 0 Å². The fraction of sp³-hybridized carbons (Fsp3) is 0. The molecule has 3 aromatic rings. The van der Waals surface area contributed by atoms with E-state index in [4.69, 9.17) is 23.2 Å². The Morgan fingerprint density at radius 2 is 1.80 bits per heavy atom. The number of halogens is 3. The van der Waals surface area contributed by atoms with Crippen molar-refractivity contribution in [3.8, 4) is 0 Å². The summed E-state index contributed by atoms with van der Waals surface area (Å²) in [5.74, 6) is -0.643. The second kappa shape index (κ2) is 7.46. The molecule has 0 aliphatic heterocycles. The quantitative estimate of drug-likeness (QED) is 0.678. The molecule has 0 saturated heterocycles. The van der Waals surface area contributed by atoms with Gasteiger partial charge in [0.15, 0.2) is 0 Å². The predicted octanol–water partition coefficient (Wildman–Crippen LogP) is 4.92. The van der Waals surface area contributed by atoms with E-state index < -0.39 is 5.91 Å². The number of hydrogen-bond donors (Lipinski definition) is 2. The molecule has 2 aromatic carbocycles. The molecule has 126 valence electrons. The number of nitrogens with zero attached hydrogens (tertiary/aromatic N) is 2. The standard InChI is InChI=1S/C17H11Cl2FN4O/c18-12-2-1-3-13(15(12)19)23-17-21-9-8-14(24-17)16(25)22-11-6-4-10(20)5-7-11/h1-9H,(H,22,25)(H,21,23,24). The van der Waals surface area contributed by atoms with Gasteiger partial charge in [0, 0.05) is 11.9 Å². The van der Waals surface area contributed by atoms with Crippen molar-refractivity contribution in [2.45, 2.75) is 0 Å². The van der Waals surface area contributed by atoms with Gasteiger partial charge in [-0.15, -0.1) is 0 Å². The summed E-state index contributed by atoms with van der Waals surface area (Å²) in [6.07, 6.45) is 1.44. The summed E-state index contributed by atoms with van der Waals surface area (Å²) in [7, 11) is 0. The van der Waals surface area contributed by atoms with E-state index in [9.17, 15) is 9.18 Å². The molecule has 0 bridgehead atoms. The van der Waals surface area contributed by atoms with Crippen LogP contribution in [0.3, 0.4) is 0 Å². The molecule has 2 N–H and O–H groups in total. The Labute approximate surface area is 152 Å². The maximum atomic E-state index is 12.9. The summed E-state index contributed by atoms with van der Waals surface area (Å²) < 4.78 is 12.9. The second-order valence-electron chi connectivity index (χ2n) is 4.95. The number of rotatable bonds is 4. The Morgan fingerprint density at radius 3 is 2.56 bits per heavy atom. The highest BCUT2D eigenvalue weighted by Gasteiger charge is 2.11. The van der Waals surface area contributed by atoms with Gasteiger partial charge in [-0.25, -0.2) is 14.4 Å². The number of aromatic nitrogens is 2. The van der Waals surface area contributed by atoms with Gasteiger partial charge in [-0.05, 0) is 42.5 Å². The minimum Gasteiger partial charge on any atom is -0.323 e. The summed E-state index contributed by atoms with van der Waals surface area (Å²) in [5.41, 5.74) is 1.11. The minimum atomic E-state index is -0.450. The molecule has 0 aliphatic rings. The molecule has 3 rings (SSSR count). The third-order valence-electron chi connectivity index (χ3n) is 3.19. The number of benzene rings is 2. The number of nitrogens with one attached hydrogen (secondary N) is 2. The van der Waals surface area contributed by atoms with E-state index in [0.29, 0.717) is 21.4 Å². The van der Waals surface area contributed by atoms with Gasteiger partial charge < -0.3 is 10.6 Å².